The molecule has 20 heavy (non-hydrogen) atoms. The van der Waals surface area contributed by atoms with Crippen LogP contribution < -0.4 is 10.1 Å². The van der Waals surface area contributed by atoms with Gasteiger partial charge in [0.2, 0.25) is 5.88 Å². The molecule has 0 unspecified atom stereocenters. The Balaban J connectivity index is 2.43. The van der Waals surface area contributed by atoms with E-state index in [0.717, 1.165) is 0 Å². The Bertz CT molecular complexity index is 632. The zero-order chi connectivity index (χ0) is 14.5. The van der Waals surface area contributed by atoms with Gasteiger partial charge in [-0.3, -0.25) is 9.78 Å². The van der Waals surface area contributed by atoms with E-state index in [1.807, 2.05) is 6.92 Å². The number of rotatable bonds is 4. The van der Waals surface area contributed by atoms with Crippen LogP contribution in [0.2, 0.25) is 5.02 Å². The molecule has 0 atom stereocenters. The van der Waals surface area contributed by atoms with Crippen LogP contribution in [0, 0.1) is 0 Å². The van der Waals surface area contributed by atoms with Crippen molar-refractivity contribution in [2.45, 2.75) is 6.92 Å². The summed E-state index contributed by atoms with van der Waals surface area (Å²) in [6, 6.07) is 5.03. The normalized spacial score (nSPS) is 10.2. The van der Waals surface area contributed by atoms with Gasteiger partial charge in [-0.2, -0.15) is 0 Å². The number of aromatic nitrogens is 2. The smallest absolute Gasteiger partial charge is 0.251 e. The molecule has 0 aliphatic heterocycles. The lowest BCUT2D eigenvalue weighted by Crippen LogP contribution is -2.22. The van der Waals surface area contributed by atoms with Crippen LogP contribution in [-0.2, 0) is 0 Å². The molecule has 0 saturated carbocycles. The van der Waals surface area contributed by atoms with Gasteiger partial charge in [0.15, 0.2) is 0 Å². The third-order valence-corrected chi connectivity index (χ3v) is 2.98. The third kappa shape index (κ3) is 3.05. The van der Waals surface area contributed by atoms with Crippen molar-refractivity contribution < 1.29 is 9.53 Å². The fourth-order valence-corrected chi connectivity index (χ4v) is 1.91. The first-order valence-corrected chi connectivity index (χ1v) is 6.47. The fourth-order valence-electron chi connectivity index (χ4n) is 1.71. The number of nitrogens with zero attached hydrogens (tertiary/aromatic N) is 2. The van der Waals surface area contributed by atoms with Gasteiger partial charge in [-0.1, -0.05) is 11.6 Å². The second-order valence-corrected chi connectivity index (χ2v) is 4.40. The molecule has 1 N–H and O–H groups in total. The number of amides is 1. The number of carbonyl (C=O) groups is 1. The van der Waals surface area contributed by atoms with E-state index in [0.29, 0.717) is 34.3 Å². The first kappa shape index (κ1) is 14.3. The van der Waals surface area contributed by atoms with Gasteiger partial charge in [0, 0.05) is 29.9 Å². The summed E-state index contributed by atoms with van der Waals surface area (Å²) < 4.78 is 5.07. The second-order valence-electron chi connectivity index (χ2n) is 4.00. The second kappa shape index (κ2) is 6.34. The molecular weight excluding hydrogens is 278 g/mol. The first-order chi connectivity index (χ1) is 9.65. The topological polar surface area (TPSA) is 64.1 Å². The van der Waals surface area contributed by atoms with Gasteiger partial charge in [-0.05, 0) is 19.1 Å². The summed E-state index contributed by atoms with van der Waals surface area (Å²) in [6.45, 7) is 2.44. The standard InChI is InChI=1S/C14H14ClN3O2/c1-3-16-14(19)9-4-5-17-12(6-9)10-7-13(20-2)18-8-11(10)15/h4-8H,3H2,1-2H3,(H,16,19). The summed E-state index contributed by atoms with van der Waals surface area (Å²) in [4.78, 5) is 20.1. The highest BCUT2D eigenvalue weighted by molar-refractivity contribution is 6.33. The van der Waals surface area contributed by atoms with Gasteiger partial charge < -0.3 is 10.1 Å². The van der Waals surface area contributed by atoms with Crippen molar-refractivity contribution in [2.24, 2.45) is 0 Å². The van der Waals surface area contributed by atoms with Crippen LogP contribution in [0.3, 0.4) is 0 Å². The molecule has 2 aromatic rings. The van der Waals surface area contributed by atoms with Crippen LogP contribution in [0.25, 0.3) is 11.3 Å². The highest BCUT2D eigenvalue weighted by Crippen LogP contribution is 2.28. The molecule has 0 fully saturated rings. The number of methoxy groups -OCH3 is 1. The summed E-state index contributed by atoms with van der Waals surface area (Å²) in [6.07, 6.45) is 3.07. The Kier molecular flexibility index (Phi) is 4.53. The van der Waals surface area contributed by atoms with E-state index in [1.54, 1.807) is 24.4 Å². The predicted octanol–water partition coefficient (Wildman–Crippen LogP) is 2.56. The number of ether oxygens (including phenoxy) is 1. The van der Waals surface area contributed by atoms with Crippen LogP contribution >= 0.6 is 11.6 Å². The molecule has 0 saturated heterocycles. The number of pyridine rings is 2. The molecular formula is C14H14ClN3O2. The predicted molar refractivity (Wildman–Crippen MR) is 77.0 cm³/mol. The van der Waals surface area contributed by atoms with Crippen molar-refractivity contribution in [1.82, 2.24) is 15.3 Å². The van der Waals surface area contributed by atoms with Crippen LogP contribution in [0.4, 0.5) is 0 Å². The summed E-state index contributed by atoms with van der Waals surface area (Å²) in [5.41, 5.74) is 1.80. The Morgan fingerprint density at radius 3 is 2.90 bits per heavy atom. The molecule has 5 nitrogen and oxygen atoms in total. The van der Waals surface area contributed by atoms with E-state index in [4.69, 9.17) is 16.3 Å². The van der Waals surface area contributed by atoms with Crippen LogP contribution in [-0.4, -0.2) is 29.5 Å². The molecule has 2 aromatic heterocycles. The lowest BCUT2D eigenvalue weighted by Gasteiger charge is -2.07. The van der Waals surface area contributed by atoms with E-state index in [9.17, 15) is 4.79 Å². The van der Waals surface area contributed by atoms with Gasteiger partial charge in [-0.15, -0.1) is 0 Å². The van der Waals surface area contributed by atoms with Crippen LogP contribution in [0.15, 0.2) is 30.6 Å². The molecule has 2 rings (SSSR count). The van der Waals surface area contributed by atoms with Gasteiger partial charge in [0.1, 0.15) is 0 Å². The molecule has 0 aliphatic rings. The molecule has 0 bridgehead atoms. The number of carbonyl (C=O) groups excluding carboxylic acids is 1. The van der Waals surface area contributed by atoms with Crippen molar-refractivity contribution >= 4 is 17.5 Å². The molecule has 0 radical (unpaired) electrons. The third-order valence-electron chi connectivity index (χ3n) is 2.67. The largest absolute Gasteiger partial charge is 0.481 e. The molecule has 6 heteroatoms. The van der Waals surface area contributed by atoms with E-state index in [1.165, 1.54) is 13.3 Å². The lowest BCUT2D eigenvalue weighted by molar-refractivity contribution is 0.0956. The summed E-state index contributed by atoms with van der Waals surface area (Å²) in [5.74, 6) is 0.294. The Morgan fingerprint density at radius 2 is 2.20 bits per heavy atom. The Morgan fingerprint density at radius 1 is 1.40 bits per heavy atom. The van der Waals surface area contributed by atoms with Crippen LogP contribution in [0.1, 0.15) is 17.3 Å². The van der Waals surface area contributed by atoms with Gasteiger partial charge >= 0.3 is 0 Å². The van der Waals surface area contributed by atoms with E-state index < -0.39 is 0 Å². The molecule has 0 aromatic carbocycles. The summed E-state index contributed by atoms with van der Waals surface area (Å²) in [7, 11) is 1.53. The average molecular weight is 292 g/mol. The zero-order valence-corrected chi connectivity index (χ0v) is 11.9. The molecule has 1 amide bonds. The van der Waals surface area contributed by atoms with E-state index in [2.05, 4.69) is 15.3 Å². The molecule has 0 aliphatic carbocycles. The summed E-state index contributed by atoms with van der Waals surface area (Å²) in [5, 5.41) is 3.19. The minimum Gasteiger partial charge on any atom is -0.481 e. The van der Waals surface area contributed by atoms with E-state index >= 15 is 0 Å². The zero-order valence-electron chi connectivity index (χ0n) is 11.2. The van der Waals surface area contributed by atoms with Crippen molar-refractivity contribution in [1.29, 1.82) is 0 Å². The molecule has 2 heterocycles. The van der Waals surface area contributed by atoms with Crippen molar-refractivity contribution in [3.8, 4) is 17.1 Å². The maximum absolute atomic E-state index is 11.8. The Labute approximate surface area is 122 Å². The first-order valence-electron chi connectivity index (χ1n) is 6.10. The molecule has 104 valence electrons. The minimum atomic E-state index is -0.145. The maximum atomic E-state index is 11.8. The van der Waals surface area contributed by atoms with Gasteiger partial charge in [0.25, 0.3) is 5.91 Å². The number of nitrogens with one attached hydrogen (secondary N) is 1. The van der Waals surface area contributed by atoms with Gasteiger partial charge in [0.05, 0.1) is 24.0 Å². The summed E-state index contributed by atoms with van der Waals surface area (Å²) >= 11 is 6.12. The highest BCUT2D eigenvalue weighted by atomic mass is 35.5. The maximum Gasteiger partial charge on any atom is 0.251 e. The monoisotopic (exact) mass is 291 g/mol. The number of halogens is 1. The number of hydrogen-bond acceptors (Lipinski definition) is 4. The average Bonchev–Trinajstić information content (AvgIpc) is 2.48. The fraction of sp³-hybridized carbons (Fsp3) is 0.214. The molecule has 0 spiro atoms. The Hall–Kier alpha value is -2.14. The van der Waals surface area contributed by atoms with Crippen molar-refractivity contribution in [2.75, 3.05) is 13.7 Å². The SMILES string of the molecule is CCNC(=O)c1ccnc(-c2cc(OC)ncc2Cl)c1. The van der Waals surface area contributed by atoms with E-state index in [-0.39, 0.29) is 5.91 Å². The van der Waals surface area contributed by atoms with Gasteiger partial charge in [-0.25, -0.2) is 4.98 Å². The highest BCUT2D eigenvalue weighted by Gasteiger charge is 2.11. The van der Waals surface area contributed by atoms with Crippen molar-refractivity contribution in [3.05, 3.63) is 41.2 Å². The lowest BCUT2D eigenvalue weighted by atomic mass is 10.1. The van der Waals surface area contributed by atoms with Crippen LogP contribution in [0.5, 0.6) is 5.88 Å². The number of hydrogen-bond donors (Lipinski definition) is 1. The minimum absolute atomic E-state index is 0.145. The van der Waals surface area contributed by atoms with Crippen molar-refractivity contribution in [3.63, 3.8) is 0 Å². The quantitative estimate of drug-likeness (QED) is 0.940.